The lowest BCUT2D eigenvalue weighted by Crippen LogP contribution is -2.38. The topological polar surface area (TPSA) is 41.6 Å². The molecule has 0 unspecified atom stereocenters. The predicted octanol–water partition coefficient (Wildman–Crippen LogP) is 2.66. The number of carbonyl (C=O) groups excluding carboxylic acids is 1. The number of nitrogens with one attached hydrogen (secondary N) is 1. The molecule has 1 heterocycles. The lowest BCUT2D eigenvalue weighted by Gasteiger charge is -2.26. The van der Waals surface area contributed by atoms with Crippen LogP contribution in [0.25, 0.3) is 0 Å². The quantitative estimate of drug-likeness (QED) is 0.611. The summed E-state index contributed by atoms with van der Waals surface area (Å²) in [5, 5.41) is 3.62. The molecule has 6 heteroatoms. The van der Waals surface area contributed by atoms with Crippen LogP contribution in [-0.4, -0.2) is 55.4 Å². The largest absolute Gasteiger partial charge is 0.379 e. The van der Waals surface area contributed by atoms with Crippen molar-refractivity contribution < 1.29 is 9.53 Å². The third-order valence-corrected chi connectivity index (χ3v) is 4.91. The zero-order valence-electron chi connectivity index (χ0n) is 12.9. The average Bonchev–Trinajstić information content (AvgIpc) is 2.54. The van der Waals surface area contributed by atoms with Crippen molar-refractivity contribution in [2.45, 2.75) is 23.5 Å². The number of benzene rings is 1. The Morgan fingerprint density at radius 2 is 2.05 bits per heavy atom. The number of nitrogens with zero attached hydrogens (tertiary/aromatic N) is 1. The molecule has 1 aliphatic rings. The third kappa shape index (κ3) is 6.16. The van der Waals surface area contributed by atoms with Gasteiger partial charge in [0.05, 0.1) is 18.5 Å². The SMILES string of the molecule is C[C@@H](Sc1ccc(Cl)cc1)C(=O)NCCCN1CCOCC1. The minimum atomic E-state index is -0.107. The second-order valence-corrected chi connectivity index (χ2v) is 7.16. The van der Waals surface area contributed by atoms with Crippen LogP contribution in [0.5, 0.6) is 0 Å². The summed E-state index contributed by atoms with van der Waals surface area (Å²) in [4.78, 5) is 15.5. The van der Waals surface area contributed by atoms with Gasteiger partial charge in [-0.2, -0.15) is 0 Å². The number of carbonyl (C=O) groups is 1. The van der Waals surface area contributed by atoms with Crippen LogP contribution in [-0.2, 0) is 9.53 Å². The highest BCUT2D eigenvalue weighted by atomic mass is 35.5. The van der Waals surface area contributed by atoms with Gasteiger partial charge in [-0.15, -0.1) is 11.8 Å². The molecule has 1 aromatic carbocycles. The van der Waals surface area contributed by atoms with Gasteiger partial charge in [-0.1, -0.05) is 11.6 Å². The van der Waals surface area contributed by atoms with E-state index in [-0.39, 0.29) is 11.2 Å². The highest BCUT2D eigenvalue weighted by Gasteiger charge is 2.14. The van der Waals surface area contributed by atoms with Crippen molar-refractivity contribution in [3.63, 3.8) is 0 Å². The van der Waals surface area contributed by atoms with Gasteiger partial charge in [0.15, 0.2) is 0 Å². The van der Waals surface area contributed by atoms with Gasteiger partial charge in [-0.25, -0.2) is 0 Å². The highest BCUT2D eigenvalue weighted by molar-refractivity contribution is 8.00. The van der Waals surface area contributed by atoms with Gasteiger partial charge in [-0.05, 0) is 44.2 Å². The van der Waals surface area contributed by atoms with E-state index in [1.165, 1.54) is 0 Å². The molecular formula is C16H23ClN2O2S. The highest BCUT2D eigenvalue weighted by Crippen LogP contribution is 2.24. The molecule has 1 saturated heterocycles. The standard InChI is InChI=1S/C16H23ClN2O2S/c1-13(22-15-5-3-14(17)4-6-15)16(20)18-7-2-8-19-9-11-21-12-10-19/h3-6,13H,2,7-12H2,1H3,(H,18,20)/t13-/m1/s1. The van der Waals surface area contributed by atoms with Crippen molar-refractivity contribution in [2.24, 2.45) is 0 Å². The van der Waals surface area contributed by atoms with Crippen LogP contribution in [0.15, 0.2) is 29.2 Å². The van der Waals surface area contributed by atoms with Crippen LogP contribution in [0, 0.1) is 0 Å². The third-order valence-electron chi connectivity index (χ3n) is 3.55. The zero-order valence-corrected chi connectivity index (χ0v) is 14.5. The maximum absolute atomic E-state index is 12.1. The first-order valence-electron chi connectivity index (χ1n) is 7.65. The number of hydrogen-bond acceptors (Lipinski definition) is 4. The van der Waals surface area contributed by atoms with Crippen LogP contribution < -0.4 is 5.32 Å². The van der Waals surface area contributed by atoms with Crippen LogP contribution in [0.4, 0.5) is 0 Å². The van der Waals surface area contributed by atoms with Gasteiger partial charge < -0.3 is 10.1 Å². The summed E-state index contributed by atoms with van der Waals surface area (Å²) in [6.45, 7) is 7.30. The first-order valence-corrected chi connectivity index (χ1v) is 8.91. The summed E-state index contributed by atoms with van der Waals surface area (Å²) < 4.78 is 5.32. The summed E-state index contributed by atoms with van der Waals surface area (Å²) in [6, 6.07) is 7.57. The van der Waals surface area contributed by atoms with Crippen molar-refractivity contribution in [1.82, 2.24) is 10.2 Å². The van der Waals surface area contributed by atoms with Gasteiger partial charge >= 0.3 is 0 Å². The van der Waals surface area contributed by atoms with Gasteiger partial charge in [0.2, 0.25) is 5.91 Å². The minimum absolute atomic E-state index is 0.0851. The van der Waals surface area contributed by atoms with E-state index in [2.05, 4.69) is 10.2 Å². The van der Waals surface area contributed by atoms with Crippen molar-refractivity contribution in [1.29, 1.82) is 0 Å². The number of thioether (sulfide) groups is 1. The van der Waals surface area contributed by atoms with Crippen LogP contribution in [0.1, 0.15) is 13.3 Å². The number of amides is 1. The van der Waals surface area contributed by atoms with Crippen molar-refractivity contribution in [2.75, 3.05) is 39.4 Å². The molecule has 0 aromatic heterocycles. The molecule has 1 N–H and O–H groups in total. The van der Waals surface area contributed by atoms with E-state index >= 15 is 0 Å². The van der Waals surface area contributed by atoms with Crippen molar-refractivity contribution in [3.05, 3.63) is 29.3 Å². The van der Waals surface area contributed by atoms with Gasteiger partial charge in [0.1, 0.15) is 0 Å². The lowest BCUT2D eigenvalue weighted by molar-refractivity contribution is -0.120. The Hall–Kier alpha value is -0.750. The number of morpholine rings is 1. The summed E-state index contributed by atoms with van der Waals surface area (Å²) in [7, 11) is 0. The maximum atomic E-state index is 12.1. The zero-order chi connectivity index (χ0) is 15.8. The molecule has 1 fully saturated rings. The van der Waals surface area contributed by atoms with E-state index < -0.39 is 0 Å². The molecule has 4 nitrogen and oxygen atoms in total. The smallest absolute Gasteiger partial charge is 0.233 e. The molecule has 122 valence electrons. The molecule has 0 aliphatic carbocycles. The Labute approximate surface area is 141 Å². The molecule has 0 saturated carbocycles. The molecule has 1 atom stereocenters. The Morgan fingerprint density at radius 1 is 1.36 bits per heavy atom. The summed E-state index contributed by atoms with van der Waals surface area (Å²) in [6.07, 6.45) is 0.976. The van der Waals surface area contributed by atoms with E-state index in [0.717, 1.165) is 50.7 Å². The fraction of sp³-hybridized carbons (Fsp3) is 0.562. The molecular weight excluding hydrogens is 320 g/mol. The number of halogens is 1. The van der Waals surface area contributed by atoms with Crippen LogP contribution >= 0.6 is 23.4 Å². The van der Waals surface area contributed by atoms with Crippen molar-refractivity contribution in [3.8, 4) is 0 Å². The molecule has 0 bridgehead atoms. The second kappa shape index (κ2) is 9.40. The van der Waals surface area contributed by atoms with E-state index in [1.54, 1.807) is 11.8 Å². The van der Waals surface area contributed by atoms with Gasteiger partial charge in [-0.3, -0.25) is 9.69 Å². The van der Waals surface area contributed by atoms with Gasteiger partial charge in [0, 0.05) is 29.6 Å². The normalized spacial score (nSPS) is 17.2. The number of ether oxygens (including phenoxy) is 1. The fourth-order valence-corrected chi connectivity index (χ4v) is 3.27. The Kier molecular flexibility index (Phi) is 7.52. The summed E-state index contributed by atoms with van der Waals surface area (Å²) in [5.74, 6) is 0.0851. The van der Waals surface area contributed by atoms with E-state index in [4.69, 9.17) is 16.3 Å². The Balaban J connectivity index is 1.62. The number of hydrogen-bond donors (Lipinski definition) is 1. The van der Waals surface area contributed by atoms with E-state index in [1.807, 2.05) is 31.2 Å². The predicted molar refractivity (Wildman–Crippen MR) is 91.7 cm³/mol. The average molecular weight is 343 g/mol. The van der Waals surface area contributed by atoms with Crippen LogP contribution in [0.3, 0.4) is 0 Å². The van der Waals surface area contributed by atoms with Gasteiger partial charge in [0.25, 0.3) is 0 Å². The van der Waals surface area contributed by atoms with Crippen molar-refractivity contribution >= 4 is 29.3 Å². The number of rotatable bonds is 7. The summed E-state index contributed by atoms with van der Waals surface area (Å²) in [5.41, 5.74) is 0. The molecule has 2 rings (SSSR count). The monoisotopic (exact) mass is 342 g/mol. The molecule has 0 spiro atoms. The second-order valence-electron chi connectivity index (χ2n) is 5.31. The minimum Gasteiger partial charge on any atom is -0.379 e. The van der Waals surface area contributed by atoms with E-state index in [9.17, 15) is 4.79 Å². The summed E-state index contributed by atoms with van der Waals surface area (Å²) >= 11 is 7.41. The molecule has 1 aromatic rings. The molecule has 22 heavy (non-hydrogen) atoms. The molecule has 0 radical (unpaired) electrons. The molecule has 1 aliphatic heterocycles. The maximum Gasteiger partial charge on any atom is 0.233 e. The lowest BCUT2D eigenvalue weighted by atomic mass is 10.3. The van der Waals surface area contributed by atoms with E-state index in [0.29, 0.717) is 5.02 Å². The fourth-order valence-electron chi connectivity index (χ4n) is 2.25. The first kappa shape index (κ1) is 17.6. The first-order chi connectivity index (χ1) is 10.6. The Bertz CT molecular complexity index is 464. The van der Waals surface area contributed by atoms with Crippen LogP contribution in [0.2, 0.25) is 5.02 Å². The Morgan fingerprint density at radius 3 is 2.73 bits per heavy atom. The molecule has 1 amide bonds.